The summed E-state index contributed by atoms with van der Waals surface area (Å²) in [7, 11) is 0. The number of nitrogens with one attached hydrogen (secondary N) is 2. The molecule has 2 amide bonds. The molecule has 0 rings (SSSR count). The minimum absolute atomic E-state index is 0.149. The number of hydrogen-bond donors (Lipinski definition) is 3. The fourth-order valence-electron chi connectivity index (χ4n) is 1.36. The lowest BCUT2D eigenvalue weighted by Crippen LogP contribution is -2.40. The van der Waals surface area contributed by atoms with E-state index in [9.17, 15) is 9.59 Å². The molecule has 0 fully saturated rings. The van der Waals surface area contributed by atoms with Crippen LogP contribution < -0.4 is 16.5 Å². The smallest absolute Gasteiger partial charge is 0.407 e. The van der Waals surface area contributed by atoms with Crippen molar-refractivity contribution in [3.8, 4) is 0 Å². The maximum atomic E-state index is 11.6. The molecule has 0 saturated carbocycles. The molecule has 0 aromatic carbocycles. The lowest BCUT2D eigenvalue weighted by atomic mass is 9.96. The number of hydroxylamine groups is 1. The summed E-state index contributed by atoms with van der Waals surface area (Å²) in [5.74, 6) is -0.0597. The SMILES string of the molecule is CC(C)C(CNOCC(N)=O)CNC(=O)OC(C)(C)C. The first-order chi connectivity index (χ1) is 9.11. The Hall–Kier alpha value is -1.34. The van der Waals surface area contributed by atoms with Gasteiger partial charge in [0.1, 0.15) is 12.2 Å². The van der Waals surface area contributed by atoms with Gasteiger partial charge in [0, 0.05) is 13.1 Å². The molecule has 0 aromatic rings. The highest BCUT2D eigenvalue weighted by atomic mass is 16.6. The number of nitrogens with two attached hydrogens (primary N) is 1. The van der Waals surface area contributed by atoms with E-state index < -0.39 is 17.6 Å². The van der Waals surface area contributed by atoms with Crippen molar-refractivity contribution in [1.82, 2.24) is 10.8 Å². The van der Waals surface area contributed by atoms with Gasteiger partial charge in [-0.05, 0) is 32.6 Å². The van der Waals surface area contributed by atoms with E-state index in [0.29, 0.717) is 19.0 Å². The van der Waals surface area contributed by atoms with E-state index in [1.165, 1.54) is 0 Å². The summed E-state index contributed by atoms with van der Waals surface area (Å²) in [6.45, 7) is 10.3. The van der Waals surface area contributed by atoms with Gasteiger partial charge in [0.2, 0.25) is 5.91 Å². The first kappa shape index (κ1) is 18.7. The molecule has 0 spiro atoms. The second-order valence-electron chi connectivity index (χ2n) is 5.99. The van der Waals surface area contributed by atoms with Crippen LogP contribution in [0.4, 0.5) is 4.79 Å². The van der Waals surface area contributed by atoms with Crippen LogP contribution in [0.2, 0.25) is 0 Å². The van der Waals surface area contributed by atoms with Crippen LogP contribution in [0.5, 0.6) is 0 Å². The fourth-order valence-corrected chi connectivity index (χ4v) is 1.36. The van der Waals surface area contributed by atoms with Crippen molar-refractivity contribution in [2.75, 3.05) is 19.7 Å². The van der Waals surface area contributed by atoms with Gasteiger partial charge in [-0.1, -0.05) is 13.8 Å². The first-order valence-electron chi connectivity index (χ1n) is 6.71. The summed E-state index contributed by atoms with van der Waals surface area (Å²) < 4.78 is 5.16. The van der Waals surface area contributed by atoms with Gasteiger partial charge in [-0.3, -0.25) is 9.63 Å². The van der Waals surface area contributed by atoms with Crippen LogP contribution in [0.25, 0.3) is 0 Å². The molecule has 0 aliphatic carbocycles. The van der Waals surface area contributed by atoms with Gasteiger partial charge in [0.25, 0.3) is 0 Å². The molecule has 7 heteroatoms. The molecule has 0 bridgehead atoms. The zero-order chi connectivity index (χ0) is 15.8. The second kappa shape index (κ2) is 8.76. The second-order valence-corrected chi connectivity index (χ2v) is 5.99. The van der Waals surface area contributed by atoms with Crippen LogP contribution in [-0.2, 0) is 14.4 Å². The van der Waals surface area contributed by atoms with E-state index in [2.05, 4.69) is 10.8 Å². The van der Waals surface area contributed by atoms with Crippen LogP contribution >= 0.6 is 0 Å². The number of alkyl carbamates (subject to hydrolysis) is 1. The van der Waals surface area contributed by atoms with Crippen LogP contribution in [0.15, 0.2) is 0 Å². The Bertz CT molecular complexity index is 313. The monoisotopic (exact) mass is 289 g/mol. The first-order valence-corrected chi connectivity index (χ1v) is 6.71. The Balaban J connectivity index is 4.02. The molecule has 0 heterocycles. The maximum Gasteiger partial charge on any atom is 0.407 e. The van der Waals surface area contributed by atoms with E-state index in [1.54, 1.807) is 0 Å². The molecule has 20 heavy (non-hydrogen) atoms. The number of hydrogen-bond acceptors (Lipinski definition) is 5. The summed E-state index contributed by atoms with van der Waals surface area (Å²) in [5, 5.41) is 2.72. The Morgan fingerprint density at radius 3 is 2.25 bits per heavy atom. The van der Waals surface area contributed by atoms with E-state index in [4.69, 9.17) is 15.3 Å². The summed E-state index contributed by atoms with van der Waals surface area (Å²) >= 11 is 0. The third-order valence-corrected chi connectivity index (χ3v) is 2.51. The Labute approximate surface area is 120 Å². The quantitative estimate of drug-likeness (QED) is 0.453. The summed E-state index contributed by atoms with van der Waals surface area (Å²) in [4.78, 5) is 27.0. The predicted molar refractivity (Wildman–Crippen MR) is 75.7 cm³/mol. The number of amides is 2. The van der Waals surface area contributed by atoms with Crippen LogP contribution in [-0.4, -0.2) is 37.3 Å². The molecule has 4 N–H and O–H groups in total. The van der Waals surface area contributed by atoms with Gasteiger partial charge in [-0.25, -0.2) is 10.3 Å². The van der Waals surface area contributed by atoms with Gasteiger partial charge in [0.15, 0.2) is 0 Å². The number of ether oxygens (including phenoxy) is 1. The summed E-state index contributed by atoms with van der Waals surface area (Å²) in [6.07, 6.45) is -0.443. The van der Waals surface area contributed by atoms with Crippen LogP contribution in [0.1, 0.15) is 34.6 Å². The highest BCUT2D eigenvalue weighted by molar-refractivity contribution is 5.74. The highest BCUT2D eigenvalue weighted by Crippen LogP contribution is 2.10. The zero-order valence-corrected chi connectivity index (χ0v) is 13.0. The van der Waals surface area contributed by atoms with Gasteiger partial charge >= 0.3 is 6.09 Å². The average molecular weight is 289 g/mol. The molecule has 1 unspecified atom stereocenters. The third-order valence-electron chi connectivity index (χ3n) is 2.51. The van der Waals surface area contributed by atoms with Gasteiger partial charge < -0.3 is 15.8 Å². The topological polar surface area (TPSA) is 103 Å². The Morgan fingerprint density at radius 1 is 1.20 bits per heavy atom. The molecule has 0 aromatic heterocycles. The van der Waals surface area contributed by atoms with Crippen molar-refractivity contribution in [3.63, 3.8) is 0 Å². The zero-order valence-electron chi connectivity index (χ0n) is 13.0. The lowest BCUT2D eigenvalue weighted by Gasteiger charge is -2.24. The van der Waals surface area contributed by atoms with Crippen LogP contribution in [0.3, 0.4) is 0 Å². The average Bonchev–Trinajstić information content (AvgIpc) is 2.24. The molecule has 0 aliphatic rings. The van der Waals surface area contributed by atoms with Crippen molar-refractivity contribution < 1.29 is 19.2 Å². The summed E-state index contributed by atoms with van der Waals surface area (Å²) in [6, 6.07) is 0. The Morgan fingerprint density at radius 2 is 1.80 bits per heavy atom. The van der Waals surface area contributed by atoms with E-state index in [0.717, 1.165) is 0 Å². The molecule has 7 nitrogen and oxygen atoms in total. The van der Waals surface area contributed by atoms with Gasteiger partial charge in [-0.2, -0.15) is 0 Å². The van der Waals surface area contributed by atoms with E-state index in [1.807, 2.05) is 34.6 Å². The predicted octanol–water partition coefficient (Wildman–Crippen LogP) is 0.790. The number of rotatable bonds is 8. The van der Waals surface area contributed by atoms with E-state index in [-0.39, 0.29) is 12.5 Å². The van der Waals surface area contributed by atoms with Crippen molar-refractivity contribution in [2.45, 2.75) is 40.2 Å². The van der Waals surface area contributed by atoms with Gasteiger partial charge in [-0.15, -0.1) is 0 Å². The van der Waals surface area contributed by atoms with Crippen molar-refractivity contribution in [3.05, 3.63) is 0 Å². The normalized spacial score (nSPS) is 13.1. The third kappa shape index (κ3) is 10.6. The summed E-state index contributed by atoms with van der Waals surface area (Å²) in [5.41, 5.74) is 7.11. The molecule has 118 valence electrons. The number of carbonyl (C=O) groups is 2. The van der Waals surface area contributed by atoms with Crippen molar-refractivity contribution in [2.24, 2.45) is 17.6 Å². The number of primary amides is 1. The fraction of sp³-hybridized carbons (Fsp3) is 0.846. The maximum absolute atomic E-state index is 11.6. The molecule has 0 saturated heterocycles. The minimum atomic E-state index is -0.537. The molecular weight excluding hydrogens is 262 g/mol. The molecule has 1 atom stereocenters. The van der Waals surface area contributed by atoms with Crippen molar-refractivity contribution in [1.29, 1.82) is 0 Å². The largest absolute Gasteiger partial charge is 0.444 e. The minimum Gasteiger partial charge on any atom is -0.444 e. The van der Waals surface area contributed by atoms with Gasteiger partial charge in [0.05, 0.1) is 0 Å². The standard InChI is InChI=1S/C13H27N3O4/c1-9(2)10(7-16-19-8-11(14)17)6-15-12(18)20-13(3,4)5/h9-10,16H,6-8H2,1-5H3,(H2,14,17)(H,15,18). The molecule has 0 radical (unpaired) electrons. The Kier molecular flexibility index (Phi) is 8.17. The highest BCUT2D eigenvalue weighted by Gasteiger charge is 2.19. The number of carbonyl (C=O) groups excluding carboxylic acids is 2. The lowest BCUT2D eigenvalue weighted by molar-refractivity contribution is -0.125. The molecule has 0 aliphatic heterocycles. The van der Waals surface area contributed by atoms with E-state index >= 15 is 0 Å². The van der Waals surface area contributed by atoms with Crippen molar-refractivity contribution >= 4 is 12.0 Å². The molecular formula is C13H27N3O4. The van der Waals surface area contributed by atoms with Crippen LogP contribution in [0, 0.1) is 11.8 Å².